The number of imide groups is 1. The van der Waals surface area contributed by atoms with Crippen molar-refractivity contribution in [3.05, 3.63) is 77.9 Å². The summed E-state index contributed by atoms with van der Waals surface area (Å²) in [7, 11) is 0. The summed E-state index contributed by atoms with van der Waals surface area (Å²) in [5.74, 6) is -0.281. The minimum absolute atomic E-state index is 0.0135. The molecule has 10 heteroatoms. The Morgan fingerprint density at radius 1 is 1.02 bits per heavy atom. The minimum Gasteiger partial charge on any atom is -0.489 e. The Bertz CT molecular complexity index is 1460. The maximum Gasteiger partial charge on any atom is 0.408 e. The summed E-state index contributed by atoms with van der Waals surface area (Å²) in [6.45, 7) is 5.85. The summed E-state index contributed by atoms with van der Waals surface area (Å²) < 4.78 is 11.5. The zero-order chi connectivity index (χ0) is 28.5. The Kier molecular flexibility index (Phi) is 7.10. The number of likely N-dealkylation sites (tertiary alicyclic amines) is 1. The van der Waals surface area contributed by atoms with E-state index in [0.29, 0.717) is 17.9 Å². The van der Waals surface area contributed by atoms with Gasteiger partial charge in [-0.15, -0.1) is 0 Å². The van der Waals surface area contributed by atoms with E-state index in [1.807, 2.05) is 24.3 Å². The van der Waals surface area contributed by atoms with Crippen LogP contribution in [-0.4, -0.2) is 53.6 Å². The number of carbonyl (C=O) groups is 4. The quantitative estimate of drug-likeness (QED) is 0.391. The zero-order valence-electron chi connectivity index (χ0n) is 22.7. The number of benzene rings is 3. The second kappa shape index (κ2) is 10.5. The molecule has 10 nitrogen and oxygen atoms in total. The van der Waals surface area contributed by atoms with Gasteiger partial charge in [-0.05, 0) is 54.8 Å². The third kappa shape index (κ3) is 5.56. The first-order chi connectivity index (χ1) is 19.0. The molecule has 0 aliphatic carbocycles. The van der Waals surface area contributed by atoms with Gasteiger partial charge in [0, 0.05) is 13.0 Å². The maximum absolute atomic E-state index is 13.8. The molecule has 0 saturated carbocycles. The van der Waals surface area contributed by atoms with E-state index in [9.17, 15) is 19.2 Å². The highest BCUT2D eigenvalue weighted by atomic mass is 16.6. The van der Waals surface area contributed by atoms with Gasteiger partial charge in [-0.3, -0.25) is 14.9 Å². The normalized spacial score (nSPS) is 20.8. The van der Waals surface area contributed by atoms with Crippen molar-refractivity contribution >= 4 is 34.7 Å². The van der Waals surface area contributed by atoms with Gasteiger partial charge in [-0.1, -0.05) is 54.6 Å². The van der Waals surface area contributed by atoms with Crippen LogP contribution in [0.25, 0.3) is 10.8 Å². The van der Waals surface area contributed by atoms with Crippen LogP contribution in [0.3, 0.4) is 0 Å². The first kappa shape index (κ1) is 27.0. The molecule has 2 saturated heterocycles. The Hall–Kier alpha value is -4.60. The first-order valence-electron chi connectivity index (χ1n) is 13.2. The first-order valence-corrected chi connectivity index (χ1v) is 13.2. The summed E-state index contributed by atoms with van der Waals surface area (Å²) >= 11 is 0. The highest BCUT2D eigenvalue weighted by Gasteiger charge is 2.51. The van der Waals surface area contributed by atoms with E-state index < -0.39 is 41.1 Å². The molecule has 2 aliphatic heterocycles. The number of carbonyl (C=O) groups excluding carboxylic acids is 4. The van der Waals surface area contributed by atoms with Crippen molar-refractivity contribution in [1.82, 2.24) is 20.9 Å². The van der Waals surface area contributed by atoms with Gasteiger partial charge in [0.25, 0.3) is 11.8 Å². The standard InChI is InChI=1S/C30H32N4O6/c1-29(2,3)40-28(38)33-30(15-16-34(26(30)36)17-24-25(35)32-27(37)31-24)21-11-13-22(14-12-21)39-18-20-9-6-8-19-7-4-5-10-23(19)20/h4-14,24H,15-18H2,1-3H3,(H,33,38)(H2,31,32,35,37). The highest BCUT2D eigenvalue weighted by molar-refractivity contribution is 6.04. The Labute approximate surface area is 232 Å². The fourth-order valence-electron chi connectivity index (χ4n) is 5.11. The van der Waals surface area contributed by atoms with E-state index >= 15 is 0 Å². The van der Waals surface area contributed by atoms with Crippen LogP contribution in [0.1, 0.15) is 38.3 Å². The van der Waals surface area contributed by atoms with E-state index in [-0.39, 0.29) is 19.5 Å². The van der Waals surface area contributed by atoms with Crippen LogP contribution in [0.2, 0.25) is 0 Å². The number of nitrogens with zero attached hydrogens (tertiary/aromatic N) is 1. The van der Waals surface area contributed by atoms with E-state index in [1.165, 1.54) is 4.90 Å². The van der Waals surface area contributed by atoms with Crippen LogP contribution >= 0.6 is 0 Å². The maximum atomic E-state index is 13.8. The lowest BCUT2D eigenvalue weighted by Crippen LogP contribution is -2.54. The van der Waals surface area contributed by atoms with Crippen molar-refractivity contribution < 1.29 is 28.7 Å². The van der Waals surface area contributed by atoms with Gasteiger partial charge < -0.3 is 25.0 Å². The van der Waals surface area contributed by atoms with Crippen LogP contribution in [0.5, 0.6) is 5.75 Å². The van der Waals surface area contributed by atoms with E-state index in [2.05, 4.69) is 34.1 Å². The molecule has 2 atom stereocenters. The highest BCUT2D eigenvalue weighted by Crippen LogP contribution is 2.35. The smallest absolute Gasteiger partial charge is 0.408 e. The minimum atomic E-state index is -1.41. The topological polar surface area (TPSA) is 126 Å². The summed E-state index contributed by atoms with van der Waals surface area (Å²) in [4.78, 5) is 51.8. The molecule has 5 rings (SSSR count). The van der Waals surface area contributed by atoms with Crippen LogP contribution in [-0.2, 0) is 26.5 Å². The average molecular weight is 545 g/mol. The molecule has 5 amide bonds. The SMILES string of the molecule is CC(C)(C)OC(=O)NC1(c2ccc(OCc3cccc4ccccc34)cc2)CCN(CC2NC(=O)NC2=O)C1=O. The molecule has 208 valence electrons. The summed E-state index contributed by atoms with van der Waals surface area (Å²) in [6.07, 6.45) is -0.477. The van der Waals surface area contributed by atoms with Gasteiger partial charge >= 0.3 is 12.1 Å². The van der Waals surface area contributed by atoms with E-state index in [0.717, 1.165) is 16.3 Å². The van der Waals surface area contributed by atoms with Crippen LogP contribution < -0.4 is 20.7 Å². The average Bonchev–Trinajstić information content (AvgIpc) is 3.39. The molecule has 2 aliphatic rings. The molecule has 2 unspecified atom stereocenters. The molecular formula is C30H32N4O6. The second-order valence-electron chi connectivity index (χ2n) is 11.0. The van der Waals surface area contributed by atoms with Crippen LogP contribution in [0.4, 0.5) is 9.59 Å². The van der Waals surface area contributed by atoms with E-state index in [4.69, 9.17) is 9.47 Å². The molecule has 0 spiro atoms. The molecule has 3 aromatic rings. The Balaban J connectivity index is 1.36. The fraction of sp³-hybridized carbons (Fsp3) is 0.333. The number of hydrogen-bond acceptors (Lipinski definition) is 6. The van der Waals surface area contributed by atoms with Crippen molar-refractivity contribution in [2.24, 2.45) is 0 Å². The number of fused-ring (bicyclic) bond motifs is 1. The lowest BCUT2D eigenvalue weighted by Gasteiger charge is -2.31. The van der Waals surface area contributed by atoms with Crippen molar-refractivity contribution in [3.63, 3.8) is 0 Å². The molecule has 0 bridgehead atoms. The predicted molar refractivity (Wildman–Crippen MR) is 147 cm³/mol. The third-order valence-corrected chi connectivity index (χ3v) is 7.01. The van der Waals surface area contributed by atoms with Crippen molar-refractivity contribution in [2.45, 2.75) is 51.0 Å². The number of alkyl carbamates (subject to hydrolysis) is 1. The molecule has 40 heavy (non-hydrogen) atoms. The monoisotopic (exact) mass is 544 g/mol. The number of ether oxygens (including phenoxy) is 2. The second-order valence-corrected chi connectivity index (χ2v) is 11.0. The van der Waals surface area contributed by atoms with Gasteiger partial charge in [-0.25, -0.2) is 9.59 Å². The fourth-order valence-corrected chi connectivity index (χ4v) is 5.11. The number of hydrogen-bond donors (Lipinski definition) is 3. The van der Waals surface area contributed by atoms with Gasteiger partial charge in [0.15, 0.2) is 0 Å². The number of nitrogens with one attached hydrogen (secondary N) is 3. The third-order valence-electron chi connectivity index (χ3n) is 7.01. The molecule has 2 heterocycles. The van der Waals surface area contributed by atoms with Gasteiger partial charge in [0.1, 0.15) is 29.5 Å². The number of urea groups is 1. The zero-order valence-corrected chi connectivity index (χ0v) is 22.7. The van der Waals surface area contributed by atoms with Gasteiger partial charge in [0.2, 0.25) is 0 Å². The number of rotatable bonds is 7. The van der Waals surface area contributed by atoms with Crippen molar-refractivity contribution in [2.75, 3.05) is 13.1 Å². The molecule has 0 aromatic heterocycles. The predicted octanol–water partition coefficient (Wildman–Crippen LogP) is 3.58. The van der Waals surface area contributed by atoms with Crippen molar-refractivity contribution in [1.29, 1.82) is 0 Å². The summed E-state index contributed by atoms with van der Waals surface area (Å²) in [5.41, 5.74) is -0.563. The molecule has 3 aromatic carbocycles. The Morgan fingerprint density at radius 2 is 1.75 bits per heavy atom. The molecule has 2 fully saturated rings. The molecular weight excluding hydrogens is 512 g/mol. The summed E-state index contributed by atoms with van der Waals surface area (Å²) in [5, 5.41) is 9.74. The van der Waals surface area contributed by atoms with Crippen molar-refractivity contribution in [3.8, 4) is 5.75 Å². The van der Waals surface area contributed by atoms with Gasteiger partial charge in [0.05, 0.1) is 6.54 Å². The summed E-state index contributed by atoms with van der Waals surface area (Å²) in [6, 6.07) is 19.7. The van der Waals surface area contributed by atoms with E-state index in [1.54, 1.807) is 45.0 Å². The lowest BCUT2D eigenvalue weighted by atomic mass is 9.88. The molecule has 3 N–H and O–H groups in total. The molecule has 0 radical (unpaired) electrons. The van der Waals surface area contributed by atoms with Crippen LogP contribution in [0, 0.1) is 0 Å². The Morgan fingerprint density at radius 3 is 2.45 bits per heavy atom. The lowest BCUT2D eigenvalue weighted by molar-refractivity contribution is -0.134. The van der Waals surface area contributed by atoms with Gasteiger partial charge in [-0.2, -0.15) is 0 Å². The van der Waals surface area contributed by atoms with Crippen LogP contribution in [0.15, 0.2) is 66.7 Å². The largest absolute Gasteiger partial charge is 0.489 e. The number of amides is 5.